The molecule has 1 N–H and O–H groups in total. The van der Waals surface area contributed by atoms with E-state index in [9.17, 15) is 9.18 Å². The molecule has 0 radical (unpaired) electrons. The Labute approximate surface area is 154 Å². The van der Waals surface area contributed by atoms with Crippen molar-refractivity contribution in [3.63, 3.8) is 0 Å². The van der Waals surface area contributed by atoms with Crippen molar-refractivity contribution >= 4 is 28.8 Å². The molecule has 2 aromatic carbocycles. The lowest BCUT2D eigenvalue weighted by Crippen LogP contribution is -2.27. The summed E-state index contributed by atoms with van der Waals surface area (Å²) in [6, 6.07) is 13.5. The van der Waals surface area contributed by atoms with Gasteiger partial charge >= 0.3 is 0 Å². The maximum Gasteiger partial charge on any atom is 0.224 e. The molecule has 0 atom stereocenters. The number of nitrogens with one attached hydrogen (secondary N) is 1. The third kappa shape index (κ3) is 4.87. The minimum atomic E-state index is -0.304. The van der Waals surface area contributed by atoms with Gasteiger partial charge in [0, 0.05) is 23.9 Å². The van der Waals surface area contributed by atoms with Crippen molar-refractivity contribution < 1.29 is 9.18 Å². The molecular formula is C19H16ClFN2OS. The molecule has 1 amide bonds. The zero-order chi connectivity index (χ0) is 17.6. The minimum Gasteiger partial charge on any atom is -0.355 e. The molecule has 1 aromatic heterocycles. The van der Waals surface area contributed by atoms with Crippen LogP contribution in [0.2, 0.25) is 5.02 Å². The third-order valence-corrected chi connectivity index (χ3v) is 4.89. The number of nitrogens with zero attached hydrogens (tertiary/aromatic N) is 1. The molecule has 3 aromatic rings. The largest absolute Gasteiger partial charge is 0.355 e. The highest BCUT2D eigenvalue weighted by Gasteiger charge is 2.09. The van der Waals surface area contributed by atoms with Crippen molar-refractivity contribution in [3.05, 3.63) is 76.0 Å². The van der Waals surface area contributed by atoms with Crippen LogP contribution in [-0.2, 0) is 17.6 Å². The molecule has 128 valence electrons. The maximum atomic E-state index is 12.8. The van der Waals surface area contributed by atoms with Crippen LogP contribution in [0.5, 0.6) is 0 Å². The van der Waals surface area contributed by atoms with Gasteiger partial charge in [0.25, 0.3) is 0 Å². The van der Waals surface area contributed by atoms with Crippen LogP contribution in [-0.4, -0.2) is 17.4 Å². The van der Waals surface area contributed by atoms with E-state index in [1.807, 2.05) is 29.6 Å². The predicted octanol–water partition coefficient (Wildman–Crippen LogP) is 4.50. The average Bonchev–Trinajstić information content (AvgIpc) is 3.06. The van der Waals surface area contributed by atoms with E-state index >= 15 is 0 Å². The van der Waals surface area contributed by atoms with Crippen LogP contribution in [0.1, 0.15) is 11.3 Å². The van der Waals surface area contributed by atoms with Gasteiger partial charge in [-0.05, 0) is 23.8 Å². The van der Waals surface area contributed by atoms with E-state index in [2.05, 4.69) is 10.3 Å². The van der Waals surface area contributed by atoms with Gasteiger partial charge in [-0.3, -0.25) is 4.79 Å². The van der Waals surface area contributed by atoms with E-state index in [0.29, 0.717) is 18.0 Å². The number of carbonyl (C=O) groups excluding carboxylic acids is 1. The molecule has 1 heterocycles. The minimum absolute atomic E-state index is 0.0897. The highest BCUT2D eigenvalue weighted by atomic mass is 35.5. The predicted molar refractivity (Wildman–Crippen MR) is 99.4 cm³/mol. The van der Waals surface area contributed by atoms with Gasteiger partial charge in [-0.25, -0.2) is 9.37 Å². The molecule has 0 fully saturated rings. The van der Waals surface area contributed by atoms with Gasteiger partial charge in [0.15, 0.2) is 0 Å². The number of benzene rings is 2. The Morgan fingerprint density at radius 3 is 2.68 bits per heavy atom. The Morgan fingerprint density at radius 2 is 1.92 bits per heavy atom. The monoisotopic (exact) mass is 374 g/mol. The normalized spacial score (nSPS) is 10.6. The smallest absolute Gasteiger partial charge is 0.224 e. The fraction of sp³-hybridized carbons (Fsp3) is 0.158. The number of halogens is 2. The van der Waals surface area contributed by atoms with Gasteiger partial charge in [-0.15, -0.1) is 11.3 Å². The first-order chi connectivity index (χ1) is 12.1. The number of hydrogen-bond acceptors (Lipinski definition) is 3. The standard InChI is InChI=1S/C19H16ClFN2OS/c20-17-4-2-1-3-16(17)19-23-15(12-25-19)9-10-22-18(24)11-13-5-7-14(21)8-6-13/h1-8,12H,9-11H2,(H,22,24). The van der Waals surface area contributed by atoms with Crippen molar-refractivity contribution in [2.24, 2.45) is 0 Å². The van der Waals surface area contributed by atoms with Crippen molar-refractivity contribution in [3.8, 4) is 10.6 Å². The Kier molecular flexibility index (Phi) is 5.79. The van der Waals surface area contributed by atoms with Crippen LogP contribution >= 0.6 is 22.9 Å². The van der Waals surface area contributed by atoms with E-state index < -0.39 is 0 Å². The van der Waals surface area contributed by atoms with Crippen LogP contribution < -0.4 is 5.32 Å². The van der Waals surface area contributed by atoms with Gasteiger partial charge in [0.05, 0.1) is 17.1 Å². The molecule has 0 bridgehead atoms. The molecule has 3 rings (SSSR count). The summed E-state index contributed by atoms with van der Waals surface area (Å²) in [6.45, 7) is 0.506. The molecule has 0 unspecified atom stereocenters. The first kappa shape index (κ1) is 17.6. The second kappa shape index (κ2) is 8.23. The van der Waals surface area contributed by atoms with Crippen molar-refractivity contribution in [1.82, 2.24) is 10.3 Å². The summed E-state index contributed by atoms with van der Waals surface area (Å²) in [5.41, 5.74) is 2.62. The molecule has 0 saturated heterocycles. The molecule has 6 heteroatoms. The summed E-state index contributed by atoms with van der Waals surface area (Å²) < 4.78 is 12.8. The van der Waals surface area contributed by atoms with E-state index in [0.717, 1.165) is 21.8 Å². The summed E-state index contributed by atoms with van der Waals surface area (Å²) in [5.74, 6) is -0.393. The van der Waals surface area contributed by atoms with Gasteiger partial charge < -0.3 is 5.32 Å². The molecule has 0 saturated carbocycles. The molecule has 0 spiro atoms. The second-order valence-electron chi connectivity index (χ2n) is 5.53. The number of hydrogen-bond donors (Lipinski definition) is 1. The van der Waals surface area contributed by atoms with Crippen LogP contribution in [0, 0.1) is 5.82 Å². The summed E-state index contributed by atoms with van der Waals surface area (Å²) in [7, 11) is 0. The molecule has 0 aliphatic heterocycles. The van der Waals surface area contributed by atoms with Crippen LogP contribution in [0.4, 0.5) is 4.39 Å². The summed E-state index contributed by atoms with van der Waals surface area (Å²) in [6.07, 6.45) is 0.887. The second-order valence-corrected chi connectivity index (χ2v) is 6.79. The zero-order valence-electron chi connectivity index (χ0n) is 13.3. The van der Waals surface area contributed by atoms with Crippen LogP contribution in [0.25, 0.3) is 10.6 Å². The average molecular weight is 375 g/mol. The number of rotatable bonds is 6. The molecule has 3 nitrogen and oxygen atoms in total. The Hall–Kier alpha value is -2.24. The topological polar surface area (TPSA) is 42.0 Å². The van der Waals surface area contributed by atoms with Crippen LogP contribution in [0.3, 0.4) is 0 Å². The number of aromatic nitrogens is 1. The fourth-order valence-electron chi connectivity index (χ4n) is 2.36. The van der Waals surface area contributed by atoms with Crippen molar-refractivity contribution in [1.29, 1.82) is 0 Å². The van der Waals surface area contributed by atoms with Gasteiger partial charge in [0.2, 0.25) is 5.91 Å². The zero-order valence-corrected chi connectivity index (χ0v) is 14.9. The Morgan fingerprint density at radius 1 is 1.16 bits per heavy atom. The van der Waals surface area contributed by atoms with Crippen molar-refractivity contribution in [2.75, 3.05) is 6.54 Å². The highest BCUT2D eigenvalue weighted by Crippen LogP contribution is 2.30. The number of amides is 1. The summed E-state index contributed by atoms with van der Waals surface area (Å²) in [5, 5.41) is 6.39. The van der Waals surface area contributed by atoms with Gasteiger partial charge in [-0.2, -0.15) is 0 Å². The lowest BCUT2D eigenvalue weighted by Gasteiger charge is -2.04. The van der Waals surface area contributed by atoms with Crippen molar-refractivity contribution in [2.45, 2.75) is 12.8 Å². The molecule has 0 aliphatic rings. The van der Waals surface area contributed by atoms with E-state index in [1.54, 1.807) is 12.1 Å². The fourth-order valence-corrected chi connectivity index (χ4v) is 3.53. The molecule has 25 heavy (non-hydrogen) atoms. The maximum absolute atomic E-state index is 12.8. The van der Waals surface area contributed by atoms with E-state index in [1.165, 1.54) is 23.5 Å². The summed E-state index contributed by atoms with van der Waals surface area (Å²) >= 11 is 7.72. The number of thiazole rings is 1. The van der Waals surface area contributed by atoms with Gasteiger partial charge in [0.1, 0.15) is 10.8 Å². The number of carbonyl (C=O) groups is 1. The summed E-state index contributed by atoms with van der Waals surface area (Å²) in [4.78, 5) is 16.5. The first-order valence-corrected chi connectivity index (χ1v) is 9.08. The highest BCUT2D eigenvalue weighted by molar-refractivity contribution is 7.13. The molecular weight excluding hydrogens is 359 g/mol. The Balaban J connectivity index is 1.50. The Bertz CT molecular complexity index is 864. The lowest BCUT2D eigenvalue weighted by molar-refractivity contribution is -0.120. The van der Waals surface area contributed by atoms with E-state index in [4.69, 9.17) is 11.6 Å². The SMILES string of the molecule is O=C(Cc1ccc(F)cc1)NCCc1csc(-c2ccccc2Cl)n1. The first-order valence-electron chi connectivity index (χ1n) is 7.82. The third-order valence-electron chi connectivity index (χ3n) is 3.64. The quantitative estimate of drug-likeness (QED) is 0.690. The van der Waals surface area contributed by atoms with E-state index in [-0.39, 0.29) is 18.1 Å². The molecule has 0 aliphatic carbocycles. The lowest BCUT2D eigenvalue weighted by atomic mass is 10.1. The van der Waals surface area contributed by atoms with Crippen LogP contribution in [0.15, 0.2) is 53.9 Å². The van der Waals surface area contributed by atoms with Gasteiger partial charge in [-0.1, -0.05) is 41.9 Å².